The van der Waals surface area contributed by atoms with E-state index in [9.17, 15) is 5.11 Å². The summed E-state index contributed by atoms with van der Waals surface area (Å²) in [5.41, 5.74) is 0. The number of anilines is 1. The molecule has 10 heteroatoms. The Hall–Kier alpha value is -1.59. The van der Waals surface area contributed by atoms with Gasteiger partial charge in [-0.2, -0.15) is 4.68 Å². The zero-order valence-corrected chi connectivity index (χ0v) is 16.2. The lowest BCUT2D eigenvalue weighted by molar-refractivity contribution is 0.134. The smallest absolute Gasteiger partial charge is 0.242 e. The van der Waals surface area contributed by atoms with Crippen LogP contribution >= 0.6 is 11.3 Å². The highest BCUT2D eigenvalue weighted by atomic mass is 32.1. The molecule has 0 bridgehead atoms. The van der Waals surface area contributed by atoms with Gasteiger partial charge in [0, 0.05) is 51.2 Å². The van der Waals surface area contributed by atoms with Gasteiger partial charge in [0.1, 0.15) is 11.3 Å². The van der Waals surface area contributed by atoms with Crippen molar-refractivity contribution >= 4 is 17.3 Å². The number of aromatic nitrogens is 4. The minimum absolute atomic E-state index is 0.467. The van der Waals surface area contributed by atoms with Gasteiger partial charge >= 0.3 is 0 Å². The maximum absolute atomic E-state index is 10.1. The van der Waals surface area contributed by atoms with Gasteiger partial charge in [-0.05, 0) is 5.92 Å². The van der Waals surface area contributed by atoms with E-state index in [1.807, 2.05) is 5.38 Å². The molecule has 4 N–H and O–H groups in total. The Bertz CT molecular complexity index is 667. The Morgan fingerprint density at radius 3 is 2.92 bits per heavy atom. The summed E-state index contributed by atoms with van der Waals surface area (Å²) >= 11 is 1.40. The average Bonchev–Trinajstić information content (AvgIpc) is 3.30. The quantitative estimate of drug-likeness (QED) is 0.460. The molecule has 9 nitrogen and oxygen atoms in total. The number of rotatable bonds is 9. The summed E-state index contributed by atoms with van der Waals surface area (Å²) in [5, 5.41) is 26.7. The molecule has 1 saturated heterocycles. The first-order chi connectivity index (χ1) is 12.6. The van der Waals surface area contributed by atoms with Crippen LogP contribution in [0.15, 0.2) is 11.7 Å². The molecule has 0 amide bonds. The fraction of sp³-hybridized carbons (Fsp3) is 0.688. The number of hydrogen-bond acceptors (Lipinski definition) is 9. The van der Waals surface area contributed by atoms with Crippen molar-refractivity contribution in [3.05, 3.63) is 16.7 Å². The van der Waals surface area contributed by atoms with Gasteiger partial charge in [-0.1, -0.05) is 13.8 Å². The van der Waals surface area contributed by atoms with E-state index in [1.54, 1.807) is 11.0 Å². The van der Waals surface area contributed by atoms with Gasteiger partial charge in [0.05, 0.1) is 0 Å². The molecule has 0 spiro atoms. The fourth-order valence-electron chi connectivity index (χ4n) is 2.66. The summed E-state index contributed by atoms with van der Waals surface area (Å²) in [4.78, 5) is 11.1. The Kier molecular flexibility index (Phi) is 6.92. The zero-order chi connectivity index (χ0) is 18.4. The van der Waals surface area contributed by atoms with E-state index in [1.165, 1.54) is 11.3 Å². The summed E-state index contributed by atoms with van der Waals surface area (Å²) in [7, 11) is 0. The lowest BCUT2D eigenvalue weighted by atomic mass is 10.2. The van der Waals surface area contributed by atoms with E-state index < -0.39 is 6.23 Å². The lowest BCUT2D eigenvalue weighted by Crippen LogP contribution is -2.45. The molecule has 1 aliphatic rings. The molecule has 1 aliphatic heterocycles. The van der Waals surface area contributed by atoms with Gasteiger partial charge in [-0.15, -0.1) is 16.4 Å². The highest BCUT2D eigenvalue weighted by Gasteiger charge is 2.14. The molecule has 0 radical (unpaired) electrons. The molecule has 2 aromatic heterocycles. The first-order valence-electron chi connectivity index (χ1n) is 9.07. The number of nitrogens with one attached hydrogen (secondary N) is 3. The molecule has 0 aliphatic carbocycles. The Morgan fingerprint density at radius 2 is 2.15 bits per heavy atom. The van der Waals surface area contributed by atoms with Crippen molar-refractivity contribution in [2.24, 2.45) is 5.92 Å². The number of nitrogens with zero attached hydrogens (tertiary/aromatic N) is 5. The normalized spacial score (nSPS) is 16.9. The van der Waals surface area contributed by atoms with E-state index in [4.69, 9.17) is 0 Å². The van der Waals surface area contributed by atoms with E-state index in [2.05, 4.69) is 49.8 Å². The third-order valence-corrected chi connectivity index (χ3v) is 5.00. The molecule has 144 valence electrons. The van der Waals surface area contributed by atoms with Crippen LogP contribution in [0.5, 0.6) is 0 Å². The van der Waals surface area contributed by atoms with E-state index >= 15 is 0 Å². The first kappa shape index (κ1) is 19.2. The summed E-state index contributed by atoms with van der Waals surface area (Å²) < 4.78 is 1.63. The second-order valence-electron chi connectivity index (χ2n) is 6.78. The Morgan fingerprint density at radius 1 is 1.35 bits per heavy atom. The van der Waals surface area contributed by atoms with Crippen LogP contribution in [0.25, 0.3) is 5.82 Å². The first-order valence-corrected chi connectivity index (χ1v) is 9.95. The molecule has 3 heterocycles. The zero-order valence-electron chi connectivity index (χ0n) is 15.4. The molecule has 1 unspecified atom stereocenters. The van der Waals surface area contributed by atoms with E-state index in [0.29, 0.717) is 22.7 Å². The largest absolute Gasteiger partial charge is 0.372 e. The van der Waals surface area contributed by atoms with Gasteiger partial charge < -0.3 is 15.7 Å². The van der Waals surface area contributed by atoms with Crippen LogP contribution in [0.4, 0.5) is 5.95 Å². The third kappa shape index (κ3) is 5.45. The predicted octanol–water partition coefficient (Wildman–Crippen LogP) is 0.277. The Balaban J connectivity index is 1.49. The van der Waals surface area contributed by atoms with Gasteiger partial charge in [0.2, 0.25) is 5.95 Å². The van der Waals surface area contributed by atoms with E-state index in [0.717, 1.165) is 45.8 Å². The van der Waals surface area contributed by atoms with Crippen molar-refractivity contribution in [2.75, 3.05) is 51.1 Å². The van der Waals surface area contributed by atoms with Crippen LogP contribution in [0.3, 0.4) is 0 Å². The fourth-order valence-corrected chi connectivity index (χ4v) is 3.40. The maximum atomic E-state index is 10.1. The third-order valence-electron chi connectivity index (χ3n) is 4.11. The highest BCUT2D eigenvalue weighted by Crippen LogP contribution is 2.19. The lowest BCUT2D eigenvalue weighted by Gasteiger charge is -2.26. The molecule has 0 aromatic carbocycles. The van der Waals surface area contributed by atoms with Gasteiger partial charge in [0.25, 0.3) is 0 Å². The molecular weight excluding hydrogens is 352 g/mol. The predicted molar refractivity (Wildman–Crippen MR) is 103 cm³/mol. The minimum Gasteiger partial charge on any atom is -0.372 e. The SMILES string of the molecule is CC(C)CNC(O)c1nc(-n2cnc(NCCN3CCNCC3)n2)cs1. The summed E-state index contributed by atoms with van der Waals surface area (Å²) in [5.74, 6) is 1.72. The van der Waals surface area contributed by atoms with Crippen LogP contribution in [-0.4, -0.2) is 75.6 Å². The average molecular weight is 381 g/mol. The van der Waals surface area contributed by atoms with Crippen LogP contribution in [0, 0.1) is 5.92 Å². The van der Waals surface area contributed by atoms with Crippen molar-refractivity contribution in [3.63, 3.8) is 0 Å². The molecule has 3 rings (SSSR count). The number of thiazole rings is 1. The van der Waals surface area contributed by atoms with Gasteiger partial charge in [-0.3, -0.25) is 10.2 Å². The van der Waals surface area contributed by atoms with Crippen LogP contribution < -0.4 is 16.0 Å². The number of hydrogen-bond donors (Lipinski definition) is 4. The maximum Gasteiger partial charge on any atom is 0.242 e. The Labute approximate surface area is 157 Å². The monoisotopic (exact) mass is 380 g/mol. The molecule has 2 aromatic rings. The van der Waals surface area contributed by atoms with Gasteiger partial charge in [0.15, 0.2) is 12.0 Å². The van der Waals surface area contributed by atoms with Crippen molar-refractivity contribution in [1.29, 1.82) is 0 Å². The van der Waals surface area contributed by atoms with Crippen molar-refractivity contribution < 1.29 is 5.11 Å². The number of aliphatic hydroxyl groups is 1. The summed E-state index contributed by atoms with van der Waals surface area (Å²) in [6.45, 7) is 11.0. The second kappa shape index (κ2) is 9.38. The van der Waals surface area contributed by atoms with Crippen molar-refractivity contribution in [1.82, 2.24) is 35.3 Å². The van der Waals surface area contributed by atoms with Gasteiger partial charge in [-0.25, -0.2) is 9.97 Å². The van der Waals surface area contributed by atoms with Crippen LogP contribution in [0.2, 0.25) is 0 Å². The molecule has 1 atom stereocenters. The van der Waals surface area contributed by atoms with Crippen LogP contribution in [0.1, 0.15) is 25.1 Å². The number of aliphatic hydroxyl groups excluding tert-OH is 1. The molecule has 0 saturated carbocycles. The summed E-state index contributed by atoms with van der Waals surface area (Å²) in [6.07, 6.45) is 0.885. The topological polar surface area (TPSA) is 103 Å². The van der Waals surface area contributed by atoms with Crippen LogP contribution in [-0.2, 0) is 0 Å². The summed E-state index contributed by atoms with van der Waals surface area (Å²) in [6, 6.07) is 0. The molecule has 1 fully saturated rings. The minimum atomic E-state index is -0.753. The molecule has 26 heavy (non-hydrogen) atoms. The number of piperazine rings is 1. The van der Waals surface area contributed by atoms with E-state index in [-0.39, 0.29) is 0 Å². The standard InChI is InChI=1S/C16H28N8OS/c1-12(2)9-19-14(25)15-21-13(10-26-15)24-11-20-16(22-24)18-5-8-23-6-3-17-4-7-23/h10-12,14,17,19,25H,3-9H2,1-2H3,(H,18,22). The van der Waals surface area contributed by atoms with Crippen molar-refractivity contribution in [2.45, 2.75) is 20.1 Å². The second-order valence-corrected chi connectivity index (χ2v) is 7.67. The van der Waals surface area contributed by atoms with Crippen molar-refractivity contribution in [3.8, 4) is 5.82 Å². The molecular formula is C16H28N8OS. The highest BCUT2D eigenvalue weighted by molar-refractivity contribution is 7.09.